The van der Waals surface area contributed by atoms with Crippen molar-refractivity contribution in [2.75, 3.05) is 0 Å². The van der Waals surface area contributed by atoms with Crippen LogP contribution in [0.15, 0.2) is 27.8 Å². The van der Waals surface area contributed by atoms with E-state index >= 15 is 0 Å². The largest absolute Gasteiger partial charge is 0.331 e. The van der Waals surface area contributed by atoms with Crippen LogP contribution in [0.5, 0.6) is 0 Å². The predicted octanol–water partition coefficient (Wildman–Crippen LogP) is 1.56. The summed E-state index contributed by atoms with van der Waals surface area (Å²) in [5.41, 5.74) is -0.752. The maximum Gasteiger partial charge on any atom is 0.331 e. The second kappa shape index (κ2) is 5.70. The zero-order chi connectivity index (χ0) is 12.1. The minimum Gasteiger partial charge on any atom is -0.283 e. The zero-order valence-electron chi connectivity index (χ0n) is 9.44. The minimum absolute atomic E-state index is 0.193. The molecule has 1 rings (SSSR count). The molecule has 0 aliphatic rings. The number of aromatic nitrogens is 2. The highest BCUT2D eigenvalue weighted by Crippen LogP contribution is 2.03. The van der Waals surface area contributed by atoms with Crippen molar-refractivity contribution in [1.82, 2.24) is 9.13 Å². The van der Waals surface area contributed by atoms with Crippen molar-refractivity contribution < 1.29 is 0 Å². The summed E-state index contributed by atoms with van der Waals surface area (Å²) in [7, 11) is 1.44. The lowest BCUT2D eigenvalue weighted by Crippen LogP contribution is -2.37. The van der Waals surface area contributed by atoms with Crippen molar-refractivity contribution >= 4 is 11.6 Å². The number of halogens is 1. The van der Waals surface area contributed by atoms with E-state index in [4.69, 9.17) is 11.6 Å². The van der Waals surface area contributed by atoms with Gasteiger partial charge in [-0.1, -0.05) is 30.7 Å². The molecule has 0 radical (unpaired) electrons. The summed E-state index contributed by atoms with van der Waals surface area (Å²) >= 11 is 5.85. The van der Waals surface area contributed by atoms with E-state index in [-0.39, 0.29) is 16.4 Å². The fraction of sp³-hybridized carbons (Fsp3) is 0.455. The standard InChI is InChI=1S/C11H15ClN2O2/c1-3-4-5-6-7-14-9(12)8-10(15)13(2)11(14)16/h4-5,8H,3,6-7H2,1-2H3. The van der Waals surface area contributed by atoms with Gasteiger partial charge in [-0.3, -0.25) is 13.9 Å². The Kier molecular flexibility index (Phi) is 4.55. The maximum atomic E-state index is 11.7. The average Bonchev–Trinajstić information content (AvgIpc) is 2.25. The Morgan fingerprint density at radius 1 is 1.38 bits per heavy atom. The van der Waals surface area contributed by atoms with E-state index in [0.29, 0.717) is 6.54 Å². The van der Waals surface area contributed by atoms with Crippen molar-refractivity contribution in [2.24, 2.45) is 7.05 Å². The van der Waals surface area contributed by atoms with Gasteiger partial charge in [0.2, 0.25) is 0 Å². The van der Waals surface area contributed by atoms with Crippen LogP contribution in [0, 0.1) is 0 Å². The smallest absolute Gasteiger partial charge is 0.283 e. The third kappa shape index (κ3) is 2.85. The second-order valence-corrected chi connectivity index (χ2v) is 3.85. The molecule has 0 aliphatic heterocycles. The van der Waals surface area contributed by atoms with Crippen LogP contribution in [-0.2, 0) is 13.6 Å². The number of rotatable bonds is 4. The molecule has 0 aromatic carbocycles. The van der Waals surface area contributed by atoms with Crippen molar-refractivity contribution in [1.29, 1.82) is 0 Å². The number of allylic oxidation sites excluding steroid dienone is 2. The molecule has 4 nitrogen and oxygen atoms in total. The van der Waals surface area contributed by atoms with E-state index in [1.807, 2.05) is 19.1 Å². The van der Waals surface area contributed by atoms with Gasteiger partial charge in [-0.2, -0.15) is 0 Å². The molecule has 0 aliphatic carbocycles. The first-order valence-electron chi connectivity index (χ1n) is 5.19. The molecule has 0 bridgehead atoms. The molecule has 0 fully saturated rings. The van der Waals surface area contributed by atoms with Gasteiger partial charge in [-0.25, -0.2) is 4.79 Å². The first-order chi connectivity index (χ1) is 7.57. The van der Waals surface area contributed by atoms with Crippen LogP contribution in [0.3, 0.4) is 0 Å². The fourth-order valence-electron chi connectivity index (χ4n) is 1.33. The molecule has 0 saturated heterocycles. The van der Waals surface area contributed by atoms with Gasteiger partial charge in [0.1, 0.15) is 5.15 Å². The first kappa shape index (κ1) is 12.8. The summed E-state index contributed by atoms with van der Waals surface area (Å²) in [6.07, 6.45) is 5.72. The molecule has 0 saturated carbocycles. The van der Waals surface area contributed by atoms with Crippen molar-refractivity contribution in [3.05, 3.63) is 44.2 Å². The van der Waals surface area contributed by atoms with E-state index in [1.165, 1.54) is 17.7 Å². The van der Waals surface area contributed by atoms with Crippen LogP contribution in [0.2, 0.25) is 5.15 Å². The maximum absolute atomic E-state index is 11.7. The lowest BCUT2D eigenvalue weighted by Gasteiger charge is -2.07. The summed E-state index contributed by atoms with van der Waals surface area (Å²) in [6, 6.07) is 1.26. The zero-order valence-corrected chi connectivity index (χ0v) is 10.2. The second-order valence-electron chi connectivity index (χ2n) is 3.47. The van der Waals surface area contributed by atoms with Crippen LogP contribution in [0.4, 0.5) is 0 Å². The Bertz CT molecular complexity index is 500. The minimum atomic E-state index is -0.379. The number of hydrogen-bond acceptors (Lipinski definition) is 2. The van der Waals surface area contributed by atoms with Crippen LogP contribution < -0.4 is 11.2 Å². The van der Waals surface area contributed by atoms with Gasteiger partial charge in [0.05, 0.1) is 0 Å². The fourth-order valence-corrected chi connectivity index (χ4v) is 1.58. The SMILES string of the molecule is CCC=CCCn1c(Cl)cc(=O)n(C)c1=O. The lowest BCUT2D eigenvalue weighted by molar-refractivity contribution is 0.606. The van der Waals surface area contributed by atoms with Crippen molar-refractivity contribution in [3.63, 3.8) is 0 Å². The van der Waals surface area contributed by atoms with Crippen LogP contribution in [-0.4, -0.2) is 9.13 Å². The monoisotopic (exact) mass is 242 g/mol. The number of hydrogen-bond donors (Lipinski definition) is 0. The molecule has 88 valence electrons. The molecule has 16 heavy (non-hydrogen) atoms. The average molecular weight is 243 g/mol. The summed E-state index contributed by atoms with van der Waals surface area (Å²) in [5, 5.41) is 0.193. The molecule has 0 amide bonds. The van der Waals surface area contributed by atoms with Gasteiger partial charge < -0.3 is 0 Å². The highest BCUT2D eigenvalue weighted by Gasteiger charge is 2.05. The predicted molar refractivity (Wildman–Crippen MR) is 65.0 cm³/mol. The van der Waals surface area contributed by atoms with E-state index in [2.05, 4.69) is 0 Å². The highest BCUT2D eigenvalue weighted by molar-refractivity contribution is 6.29. The highest BCUT2D eigenvalue weighted by atomic mass is 35.5. The molecule has 0 spiro atoms. The third-order valence-corrected chi connectivity index (χ3v) is 2.58. The van der Waals surface area contributed by atoms with Crippen LogP contribution >= 0.6 is 11.6 Å². The summed E-state index contributed by atoms with van der Waals surface area (Å²) < 4.78 is 2.44. The molecule has 0 atom stereocenters. The Labute approximate surface area is 98.8 Å². The molecule has 1 aromatic rings. The van der Waals surface area contributed by atoms with E-state index in [1.54, 1.807) is 0 Å². The first-order valence-corrected chi connectivity index (χ1v) is 5.57. The Morgan fingerprint density at radius 2 is 2.06 bits per heavy atom. The molecular weight excluding hydrogens is 228 g/mol. The normalized spacial score (nSPS) is 11.2. The number of nitrogens with zero attached hydrogens (tertiary/aromatic N) is 2. The Morgan fingerprint density at radius 3 is 2.69 bits per heavy atom. The third-order valence-electron chi connectivity index (χ3n) is 2.27. The van der Waals surface area contributed by atoms with Crippen molar-refractivity contribution in [2.45, 2.75) is 26.3 Å². The van der Waals surface area contributed by atoms with E-state index in [0.717, 1.165) is 17.4 Å². The summed E-state index contributed by atoms with van der Waals surface area (Å²) in [6.45, 7) is 2.53. The molecule has 5 heteroatoms. The summed E-state index contributed by atoms with van der Waals surface area (Å²) in [5.74, 6) is 0. The Hall–Kier alpha value is -1.29. The van der Waals surface area contributed by atoms with Gasteiger partial charge in [-0.05, 0) is 12.8 Å². The molecular formula is C11H15ClN2O2. The Balaban J connectivity index is 2.97. The lowest BCUT2D eigenvalue weighted by atomic mass is 10.3. The topological polar surface area (TPSA) is 44.0 Å². The molecule has 1 heterocycles. The van der Waals surface area contributed by atoms with Crippen LogP contribution in [0.1, 0.15) is 19.8 Å². The van der Waals surface area contributed by atoms with Gasteiger partial charge in [0, 0.05) is 19.7 Å². The van der Waals surface area contributed by atoms with Gasteiger partial charge >= 0.3 is 5.69 Å². The van der Waals surface area contributed by atoms with Gasteiger partial charge in [0.25, 0.3) is 5.56 Å². The molecule has 0 N–H and O–H groups in total. The summed E-state index contributed by atoms with van der Waals surface area (Å²) in [4.78, 5) is 22.9. The van der Waals surface area contributed by atoms with Crippen LogP contribution in [0.25, 0.3) is 0 Å². The van der Waals surface area contributed by atoms with E-state index < -0.39 is 0 Å². The molecule has 1 aromatic heterocycles. The van der Waals surface area contributed by atoms with E-state index in [9.17, 15) is 9.59 Å². The molecule has 0 unspecified atom stereocenters. The van der Waals surface area contributed by atoms with Crippen molar-refractivity contribution in [3.8, 4) is 0 Å². The quantitative estimate of drug-likeness (QED) is 0.594. The van der Waals surface area contributed by atoms with Gasteiger partial charge in [-0.15, -0.1) is 0 Å². The van der Waals surface area contributed by atoms with Gasteiger partial charge in [0.15, 0.2) is 0 Å².